The lowest BCUT2D eigenvalue weighted by Crippen LogP contribution is -2.36. The first kappa shape index (κ1) is 19.5. The second-order valence-electron chi connectivity index (χ2n) is 5.68. The number of nitrogens with zero attached hydrogens (tertiary/aromatic N) is 1. The minimum atomic E-state index is -3.05. The number of hydrogen-bond donors (Lipinski definition) is 2. The molecule has 0 radical (unpaired) electrons. The molecule has 136 valence electrons. The number of thiol groups is 1. The van der Waals surface area contributed by atoms with Crippen LogP contribution >= 0.6 is 0 Å². The highest BCUT2D eigenvalue weighted by Crippen LogP contribution is 2.24. The molecule has 0 aromatic heterocycles. The van der Waals surface area contributed by atoms with Gasteiger partial charge >= 0.3 is 5.97 Å². The van der Waals surface area contributed by atoms with Crippen molar-refractivity contribution in [2.24, 2.45) is 0 Å². The lowest BCUT2D eigenvalue weighted by atomic mass is 10.0. The predicted octanol–water partition coefficient (Wildman–Crippen LogP) is 3.44. The molecule has 0 spiro atoms. The summed E-state index contributed by atoms with van der Waals surface area (Å²) in [6, 6.07) is 15.2. The van der Waals surface area contributed by atoms with E-state index in [-0.39, 0.29) is 5.57 Å². The molecule has 0 bridgehead atoms. The maximum absolute atomic E-state index is 12.0. The van der Waals surface area contributed by atoms with Crippen molar-refractivity contribution in [2.75, 3.05) is 4.31 Å². The number of carbonyl (C=O) groups is 1. The van der Waals surface area contributed by atoms with E-state index < -0.39 is 22.9 Å². The monoisotopic (exact) mass is 371 g/mol. The number of hydrogen-bond acceptors (Lipinski definition) is 3. The van der Waals surface area contributed by atoms with Crippen LogP contribution in [0.3, 0.4) is 0 Å². The van der Waals surface area contributed by atoms with Crippen molar-refractivity contribution >= 4 is 28.6 Å². The average molecular weight is 371 g/mol. The van der Waals surface area contributed by atoms with E-state index >= 15 is 0 Å². The Bertz CT molecular complexity index is 876. The van der Waals surface area contributed by atoms with Crippen LogP contribution in [0.15, 0.2) is 72.3 Å². The predicted molar refractivity (Wildman–Crippen MR) is 105 cm³/mol. The zero-order valence-corrected chi connectivity index (χ0v) is 15.5. The average Bonchev–Trinajstić information content (AvgIpc) is 2.62. The van der Waals surface area contributed by atoms with E-state index in [1.807, 2.05) is 37.3 Å². The fraction of sp³-hybridized carbons (Fsp3) is 0.150. The highest BCUT2D eigenvalue weighted by atomic mass is 32.2. The fourth-order valence-electron chi connectivity index (χ4n) is 2.56. The smallest absolute Gasteiger partial charge is 0.333 e. The summed E-state index contributed by atoms with van der Waals surface area (Å²) in [5, 5.41) is 9.54. The number of allylic oxidation sites excluding steroid dienone is 1. The lowest BCUT2D eigenvalue weighted by Gasteiger charge is -2.26. The number of carboxylic acid groups (broad SMARTS) is 1. The topological polar surface area (TPSA) is 74.7 Å². The molecule has 2 aromatic carbocycles. The zero-order chi connectivity index (χ0) is 19.1. The molecular formula is C20H21NO4S. The van der Waals surface area contributed by atoms with Crippen molar-refractivity contribution in [1.29, 1.82) is 0 Å². The standard InChI is InChI=1S/C20H21NO4S/c1-3-18(20(22)23)19(14-11-16-7-5-4-6-8-16)21(26(24)25)17-12-9-15(2)10-13-17/h3-14,19,26H,1-2H3,(H,22,23). The third-order valence-electron chi connectivity index (χ3n) is 3.89. The summed E-state index contributed by atoms with van der Waals surface area (Å²) in [6.45, 7) is 3.48. The van der Waals surface area contributed by atoms with Gasteiger partial charge in [-0.2, -0.15) is 0 Å². The van der Waals surface area contributed by atoms with Crippen molar-refractivity contribution < 1.29 is 18.3 Å². The Morgan fingerprint density at radius 2 is 1.69 bits per heavy atom. The van der Waals surface area contributed by atoms with E-state index in [9.17, 15) is 18.3 Å². The van der Waals surface area contributed by atoms with Gasteiger partial charge in [0, 0.05) is 0 Å². The van der Waals surface area contributed by atoms with Gasteiger partial charge in [-0.3, -0.25) is 4.31 Å². The Hall–Kier alpha value is -2.86. The lowest BCUT2D eigenvalue weighted by molar-refractivity contribution is -0.132. The van der Waals surface area contributed by atoms with Gasteiger partial charge in [0.05, 0.1) is 17.3 Å². The molecular weight excluding hydrogens is 350 g/mol. The minimum Gasteiger partial charge on any atom is -0.478 e. The SMILES string of the molecule is CC=C(C(=O)O)C(C=Cc1ccccc1)N(c1ccc(C)cc1)[SH](=O)=O. The number of anilines is 1. The number of carboxylic acids is 1. The van der Waals surface area contributed by atoms with E-state index in [1.54, 1.807) is 43.3 Å². The van der Waals surface area contributed by atoms with E-state index in [0.717, 1.165) is 15.4 Å². The van der Waals surface area contributed by atoms with E-state index in [1.165, 1.54) is 6.08 Å². The second kappa shape index (κ2) is 9.01. The third kappa shape index (κ3) is 4.83. The minimum absolute atomic E-state index is 0.0167. The van der Waals surface area contributed by atoms with Crippen molar-refractivity contribution in [3.63, 3.8) is 0 Å². The van der Waals surface area contributed by atoms with Crippen molar-refractivity contribution in [1.82, 2.24) is 0 Å². The molecule has 0 aliphatic rings. The fourth-order valence-corrected chi connectivity index (χ4v) is 3.28. The Morgan fingerprint density at radius 3 is 2.19 bits per heavy atom. The quantitative estimate of drug-likeness (QED) is 0.577. The molecule has 5 nitrogen and oxygen atoms in total. The molecule has 0 aliphatic carbocycles. The normalized spacial score (nSPS) is 13.1. The number of aryl methyl sites for hydroxylation is 1. The Kier molecular flexibility index (Phi) is 6.74. The van der Waals surface area contributed by atoms with Crippen LogP contribution in [-0.4, -0.2) is 25.5 Å². The Labute approximate surface area is 155 Å². The van der Waals surface area contributed by atoms with Crippen LogP contribution < -0.4 is 4.31 Å². The van der Waals surface area contributed by atoms with Gasteiger partial charge in [-0.05, 0) is 31.5 Å². The maximum atomic E-state index is 12.0. The summed E-state index contributed by atoms with van der Waals surface area (Å²) in [4.78, 5) is 11.7. The van der Waals surface area contributed by atoms with Crippen LogP contribution in [0.4, 0.5) is 5.69 Å². The highest BCUT2D eigenvalue weighted by molar-refractivity contribution is 7.74. The van der Waals surface area contributed by atoms with Gasteiger partial charge < -0.3 is 5.11 Å². The zero-order valence-electron chi connectivity index (χ0n) is 14.6. The number of aliphatic carboxylic acids is 1. The number of benzene rings is 2. The van der Waals surface area contributed by atoms with Gasteiger partial charge in [-0.15, -0.1) is 0 Å². The van der Waals surface area contributed by atoms with Gasteiger partial charge in [0.15, 0.2) is 0 Å². The van der Waals surface area contributed by atoms with Crippen LogP contribution in [0.2, 0.25) is 0 Å². The van der Waals surface area contributed by atoms with Crippen molar-refractivity contribution in [3.05, 3.63) is 83.4 Å². The molecule has 26 heavy (non-hydrogen) atoms. The van der Waals surface area contributed by atoms with Crippen LogP contribution in [0.1, 0.15) is 18.1 Å². The highest BCUT2D eigenvalue weighted by Gasteiger charge is 2.26. The molecule has 1 unspecified atom stereocenters. The summed E-state index contributed by atoms with van der Waals surface area (Å²) < 4.78 is 25.1. The summed E-state index contributed by atoms with van der Waals surface area (Å²) >= 11 is 0. The molecule has 0 amide bonds. The second-order valence-corrected chi connectivity index (χ2v) is 6.59. The Balaban J connectivity index is 2.54. The van der Waals surface area contributed by atoms with Crippen molar-refractivity contribution in [3.8, 4) is 0 Å². The van der Waals surface area contributed by atoms with Gasteiger partial charge in [0.1, 0.15) is 0 Å². The van der Waals surface area contributed by atoms with Gasteiger partial charge in [-0.1, -0.05) is 66.3 Å². The molecule has 0 fully saturated rings. The molecule has 0 saturated carbocycles. The first-order valence-corrected chi connectivity index (χ1v) is 9.20. The molecule has 0 aliphatic heterocycles. The summed E-state index contributed by atoms with van der Waals surface area (Å²) in [5.74, 6) is -1.16. The van der Waals surface area contributed by atoms with Crippen LogP contribution in [0.5, 0.6) is 0 Å². The van der Waals surface area contributed by atoms with Crippen molar-refractivity contribution in [2.45, 2.75) is 19.9 Å². The summed E-state index contributed by atoms with van der Waals surface area (Å²) in [6.07, 6.45) is 4.73. The van der Waals surface area contributed by atoms with Gasteiger partial charge in [0.2, 0.25) is 10.9 Å². The molecule has 1 N–H and O–H groups in total. The summed E-state index contributed by atoms with van der Waals surface area (Å²) in [7, 11) is -3.05. The first-order chi connectivity index (χ1) is 12.4. The van der Waals surface area contributed by atoms with Crippen LogP contribution in [-0.2, 0) is 15.7 Å². The Morgan fingerprint density at radius 1 is 1.08 bits per heavy atom. The van der Waals surface area contributed by atoms with Gasteiger partial charge in [-0.25, -0.2) is 13.2 Å². The number of rotatable bonds is 7. The van der Waals surface area contributed by atoms with Crippen LogP contribution in [0, 0.1) is 6.92 Å². The molecule has 6 heteroatoms. The molecule has 2 rings (SSSR count). The van der Waals surface area contributed by atoms with Gasteiger partial charge in [0.25, 0.3) is 0 Å². The maximum Gasteiger partial charge on any atom is 0.333 e. The molecule has 2 aromatic rings. The third-order valence-corrected chi connectivity index (χ3v) is 4.72. The molecule has 0 saturated heterocycles. The molecule has 1 atom stereocenters. The molecule has 0 heterocycles. The van der Waals surface area contributed by atoms with Crippen LogP contribution in [0.25, 0.3) is 6.08 Å². The first-order valence-electron chi connectivity index (χ1n) is 8.07. The summed E-state index contributed by atoms with van der Waals surface area (Å²) in [5.41, 5.74) is 2.23. The van der Waals surface area contributed by atoms with E-state index in [2.05, 4.69) is 0 Å². The van der Waals surface area contributed by atoms with E-state index in [4.69, 9.17) is 0 Å². The van der Waals surface area contributed by atoms with E-state index in [0.29, 0.717) is 5.69 Å². The largest absolute Gasteiger partial charge is 0.478 e.